The van der Waals surface area contributed by atoms with Crippen LogP contribution in [0.5, 0.6) is 0 Å². The van der Waals surface area contributed by atoms with Gasteiger partial charge in [-0.15, -0.1) is 0 Å². The molecule has 0 saturated carbocycles. The average Bonchev–Trinajstić information content (AvgIpc) is 2.54. The van der Waals surface area contributed by atoms with Gasteiger partial charge in [0.1, 0.15) is 5.82 Å². The lowest BCUT2D eigenvalue weighted by Crippen LogP contribution is -2.21. The summed E-state index contributed by atoms with van der Waals surface area (Å²) in [5.41, 5.74) is 6.31. The van der Waals surface area contributed by atoms with Gasteiger partial charge in [0, 0.05) is 12.1 Å². The van der Waals surface area contributed by atoms with Gasteiger partial charge >= 0.3 is 0 Å². The quantitative estimate of drug-likeness (QED) is 0.807. The zero-order valence-corrected chi connectivity index (χ0v) is 10.5. The van der Waals surface area contributed by atoms with Crippen molar-refractivity contribution in [2.45, 2.75) is 12.5 Å². The van der Waals surface area contributed by atoms with Crippen molar-refractivity contribution in [2.24, 2.45) is 0 Å². The summed E-state index contributed by atoms with van der Waals surface area (Å²) in [7, 11) is -2.96. The second-order valence-corrected chi connectivity index (χ2v) is 6.73. The molecule has 0 aliphatic carbocycles. The van der Waals surface area contributed by atoms with E-state index in [1.807, 2.05) is 0 Å². The van der Waals surface area contributed by atoms with Crippen molar-refractivity contribution in [3.8, 4) is 0 Å². The summed E-state index contributed by atoms with van der Waals surface area (Å²) in [6.07, 6.45) is 0.525. The van der Waals surface area contributed by atoms with E-state index in [0.717, 1.165) is 6.07 Å². The van der Waals surface area contributed by atoms with E-state index >= 15 is 0 Å². The molecule has 7 heteroatoms. The SMILES string of the molecule is Nc1cc(F)c(Cl)cc1NC1CCS(=O)(=O)C1. The first-order valence-corrected chi connectivity index (χ1v) is 7.29. The number of anilines is 2. The van der Waals surface area contributed by atoms with Gasteiger partial charge in [-0.2, -0.15) is 0 Å². The molecular formula is C10H12ClFN2O2S. The number of rotatable bonds is 2. The minimum Gasteiger partial charge on any atom is -0.397 e. The molecule has 1 aliphatic heterocycles. The molecule has 0 aromatic heterocycles. The number of nitrogen functional groups attached to an aromatic ring is 1. The fourth-order valence-electron chi connectivity index (χ4n) is 1.82. The molecule has 2 rings (SSSR count). The van der Waals surface area contributed by atoms with Crippen molar-refractivity contribution in [3.05, 3.63) is 23.0 Å². The standard InChI is InChI=1S/C10H12ClFN2O2S/c11-7-3-10(9(13)4-8(7)12)14-6-1-2-17(15,16)5-6/h3-4,6,14H,1-2,5,13H2. The summed E-state index contributed by atoms with van der Waals surface area (Å²) >= 11 is 5.64. The van der Waals surface area contributed by atoms with Gasteiger partial charge in [-0.1, -0.05) is 11.6 Å². The van der Waals surface area contributed by atoms with Gasteiger partial charge < -0.3 is 11.1 Å². The van der Waals surface area contributed by atoms with E-state index in [9.17, 15) is 12.8 Å². The lowest BCUT2D eigenvalue weighted by Gasteiger charge is -2.14. The minimum absolute atomic E-state index is 0.0393. The molecule has 17 heavy (non-hydrogen) atoms. The molecule has 1 unspecified atom stereocenters. The van der Waals surface area contributed by atoms with Gasteiger partial charge in [0.2, 0.25) is 0 Å². The van der Waals surface area contributed by atoms with Crippen molar-refractivity contribution < 1.29 is 12.8 Å². The second-order valence-electron chi connectivity index (χ2n) is 4.10. The van der Waals surface area contributed by atoms with Crippen LogP contribution < -0.4 is 11.1 Å². The molecule has 1 aromatic rings. The van der Waals surface area contributed by atoms with Gasteiger partial charge in [0.15, 0.2) is 9.84 Å². The molecular weight excluding hydrogens is 267 g/mol. The number of hydrogen-bond acceptors (Lipinski definition) is 4. The molecule has 94 valence electrons. The smallest absolute Gasteiger partial charge is 0.152 e. The van der Waals surface area contributed by atoms with E-state index in [-0.39, 0.29) is 28.3 Å². The first-order valence-electron chi connectivity index (χ1n) is 5.09. The minimum atomic E-state index is -2.96. The third-order valence-electron chi connectivity index (χ3n) is 2.68. The summed E-state index contributed by atoms with van der Waals surface area (Å²) in [5, 5.41) is 2.94. The normalized spacial score (nSPS) is 22.6. The van der Waals surface area contributed by atoms with E-state index < -0.39 is 15.7 Å². The first kappa shape index (κ1) is 12.4. The lowest BCUT2D eigenvalue weighted by molar-refractivity contribution is 0.602. The predicted molar refractivity (Wildman–Crippen MR) is 66.5 cm³/mol. The zero-order valence-electron chi connectivity index (χ0n) is 8.91. The number of benzene rings is 1. The Bertz CT molecular complexity index is 547. The van der Waals surface area contributed by atoms with Crippen LogP contribution in [0.3, 0.4) is 0 Å². The summed E-state index contributed by atoms with van der Waals surface area (Å²) < 4.78 is 35.6. The summed E-state index contributed by atoms with van der Waals surface area (Å²) in [5.74, 6) is -0.352. The lowest BCUT2D eigenvalue weighted by atomic mass is 10.2. The first-order chi connectivity index (χ1) is 7.87. The number of nitrogens with two attached hydrogens (primary N) is 1. The summed E-state index contributed by atoms with van der Waals surface area (Å²) in [4.78, 5) is 0. The van der Waals surface area contributed by atoms with E-state index in [1.54, 1.807) is 0 Å². The highest BCUT2D eigenvalue weighted by Crippen LogP contribution is 2.28. The Morgan fingerprint density at radius 3 is 2.76 bits per heavy atom. The highest BCUT2D eigenvalue weighted by molar-refractivity contribution is 7.91. The highest BCUT2D eigenvalue weighted by Gasteiger charge is 2.28. The van der Waals surface area contributed by atoms with Crippen LogP contribution in [0.25, 0.3) is 0 Å². The van der Waals surface area contributed by atoms with Crippen LogP contribution in [0.15, 0.2) is 12.1 Å². The molecule has 4 nitrogen and oxygen atoms in total. The number of nitrogens with one attached hydrogen (secondary N) is 1. The highest BCUT2D eigenvalue weighted by atomic mass is 35.5. The van der Waals surface area contributed by atoms with Crippen LogP contribution in [0, 0.1) is 5.82 Å². The van der Waals surface area contributed by atoms with Crippen molar-refractivity contribution in [1.82, 2.24) is 0 Å². The largest absolute Gasteiger partial charge is 0.397 e. The number of sulfone groups is 1. The van der Waals surface area contributed by atoms with Gasteiger partial charge in [0.05, 0.1) is 27.9 Å². The maximum atomic E-state index is 13.1. The monoisotopic (exact) mass is 278 g/mol. The third-order valence-corrected chi connectivity index (χ3v) is 4.74. The van der Waals surface area contributed by atoms with Gasteiger partial charge in [0.25, 0.3) is 0 Å². The molecule has 0 amide bonds. The second kappa shape index (κ2) is 4.34. The molecule has 3 N–H and O–H groups in total. The van der Waals surface area contributed by atoms with Crippen LogP contribution >= 0.6 is 11.6 Å². The maximum absolute atomic E-state index is 13.1. The van der Waals surface area contributed by atoms with Crippen molar-refractivity contribution in [1.29, 1.82) is 0 Å². The van der Waals surface area contributed by atoms with Crippen LogP contribution in [0.4, 0.5) is 15.8 Å². The van der Waals surface area contributed by atoms with E-state index in [0.29, 0.717) is 12.1 Å². The van der Waals surface area contributed by atoms with Crippen LogP contribution in [-0.4, -0.2) is 26.0 Å². The van der Waals surface area contributed by atoms with Crippen LogP contribution in [-0.2, 0) is 9.84 Å². The number of hydrogen-bond donors (Lipinski definition) is 2. The molecule has 1 saturated heterocycles. The summed E-state index contributed by atoms with van der Waals surface area (Å²) in [6, 6.07) is 2.30. The number of halogens is 2. The Morgan fingerprint density at radius 2 is 2.18 bits per heavy atom. The molecule has 1 aromatic carbocycles. The van der Waals surface area contributed by atoms with Crippen molar-refractivity contribution in [3.63, 3.8) is 0 Å². The fourth-order valence-corrected chi connectivity index (χ4v) is 3.65. The topological polar surface area (TPSA) is 72.2 Å². The Kier molecular flexibility index (Phi) is 3.18. The molecule has 1 fully saturated rings. The summed E-state index contributed by atoms with van der Waals surface area (Å²) in [6.45, 7) is 0. The van der Waals surface area contributed by atoms with Crippen molar-refractivity contribution >= 4 is 32.8 Å². The van der Waals surface area contributed by atoms with Crippen LogP contribution in [0.2, 0.25) is 5.02 Å². The Hall–Kier alpha value is -1.01. The zero-order chi connectivity index (χ0) is 12.6. The molecule has 0 radical (unpaired) electrons. The Labute approximate surface area is 104 Å². The van der Waals surface area contributed by atoms with Crippen molar-refractivity contribution in [2.75, 3.05) is 22.6 Å². The molecule has 1 aliphatic rings. The Balaban J connectivity index is 2.17. The van der Waals surface area contributed by atoms with Crippen LogP contribution in [0.1, 0.15) is 6.42 Å². The molecule has 0 spiro atoms. The van der Waals surface area contributed by atoms with Gasteiger partial charge in [-0.3, -0.25) is 0 Å². The van der Waals surface area contributed by atoms with Gasteiger partial charge in [-0.25, -0.2) is 12.8 Å². The molecule has 1 atom stereocenters. The third kappa shape index (κ3) is 2.81. The average molecular weight is 279 g/mol. The maximum Gasteiger partial charge on any atom is 0.152 e. The van der Waals surface area contributed by atoms with E-state index in [2.05, 4.69) is 5.32 Å². The molecule has 1 heterocycles. The Morgan fingerprint density at radius 1 is 1.47 bits per heavy atom. The van der Waals surface area contributed by atoms with E-state index in [4.69, 9.17) is 17.3 Å². The fraction of sp³-hybridized carbons (Fsp3) is 0.400. The molecule has 0 bridgehead atoms. The van der Waals surface area contributed by atoms with E-state index in [1.165, 1.54) is 6.07 Å². The van der Waals surface area contributed by atoms with Gasteiger partial charge in [-0.05, 0) is 12.5 Å². The predicted octanol–water partition coefficient (Wildman–Crippen LogP) is 1.66.